The number of rotatable bonds is 2. The molecule has 0 aromatic heterocycles. The maximum absolute atomic E-state index is 12.6. The molecule has 1 amide bonds. The summed E-state index contributed by atoms with van der Waals surface area (Å²) in [5, 5.41) is 9.50. The second-order valence-electron chi connectivity index (χ2n) is 4.59. The predicted octanol–water partition coefficient (Wildman–Crippen LogP) is 4.56. The first kappa shape index (κ1) is 15.3. The molecule has 1 aliphatic heterocycles. The zero-order valence-corrected chi connectivity index (χ0v) is 14.4. The Labute approximate surface area is 145 Å². The Kier molecular flexibility index (Phi) is 4.33. The number of nitrogens with zero attached hydrogens (tertiary/aromatic N) is 1. The monoisotopic (exact) mass is 391 g/mol. The number of phenols is 1. The molecule has 1 N–H and O–H groups in total. The third-order valence-electron chi connectivity index (χ3n) is 3.05. The maximum atomic E-state index is 12.6. The van der Waals surface area contributed by atoms with Crippen LogP contribution in [0.5, 0.6) is 5.75 Å². The van der Waals surface area contributed by atoms with Gasteiger partial charge in [-0.1, -0.05) is 52.0 Å². The minimum atomic E-state index is -0.152. The summed E-state index contributed by atoms with van der Waals surface area (Å²) in [6.07, 6.45) is 1.73. The molecular weight excluding hydrogens is 382 g/mol. The molecule has 3 nitrogen and oxygen atoms in total. The van der Waals surface area contributed by atoms with E-state index in [-0.39, 0.29) is 11.7 Å². The number of phenolic OH excluding ortho intramolecular Hbond substituents is 1. The summed E-state index contributed by atoms with van der Waals surface area (Å²) in [6.45, 7) is 0. The van der Waals surface area contributed by atoms with Crippen molar-refractivity contribution in [3.05, 3.63) is 63.5 Å². The summed E-state index contributed by atoms with van der Waals surface area (Å²) in [4.78, 5) is 14.6. The van der Waals surface area contributed by atoms with Crippen LogP contribution < -0.4 is 4.90 Å². The van der Waals surface area contributed by atoms with Crippen LogP contribution in [0.2, 0.25) is 0 Å². The molecule has 2 aromatic rings. The molecule has 3 rings (SSSR count). The fraction of sp³-hybridized carbons (Fsp3) is 0. The Hall–Kier alpha value is -1.63. The van der Waals surface area contributed by atoms with Crippen molar-refractivity contribution in [3.63, 3.8) is 0 Å². The fourth-order valence-electron chi connectivity index (χ4n) is 2.05. The molecule has 22 heavy (non-hydrogen) atoms. The molecule has 0 unspecified atom stereocenters. The maximum Gasteiger partial charge on any atom is 0.270 e. The van der Waals surface area contributed by atoms with Crippen LogP contribution in [0.15, 0.2) is 57.9 Å². The van der Waals surface area contributed by atoms with Crippen LogP contribution >= 0.6 is 39.9 Å². The van der Waals surface area contributed by atoms with Crippen LogP contribution in [-0.4, -0.2) is 15.3 Å². The fourth-order valence-corrected chi connectivity index (χ4v) is 3.61. The molecule has 0 atom stereocenters. The van der Waals surface area contributed by atoms with Gasteiger partial charge < -0.3 is 5.11 Å². The summed E-state index contributed by atoms with van der Waals surface area (Å²) in [5.74, 6) is 0.0119. The lowest BCUT2D eigenvalue weighted by molar-refractivity contribution is -0.113. The van der Waals surface area contributed by atoms with E-state index in [1.165, 1.54) is 16.7 Å². The van der Waals surface area contributed by atoms with Crippen molar-refractivity contribution in [1.82, 2.24) is 0 Å². The highest BCUT2D eigenvalue weighted by Crippen LogP contribution is 2.36. The van der Waals surface area contributed by atoms with Gasteiger partial charge in [0, 0.05) is 4.47 Å². The number of thiocarbonyl (C=S) groups is 1. The van der Waals surface area contributed by atoms with Gasteiger partial charge in [-0.05, 0) is 48.0 Å². The van der Waals surface area contributed by atoms with Crippen LogP contribution in [-0.2, 0) is 4.79 Å². The molecule has 0 spiro atoms. The Morgan fingerprint density at radius 1 is 1.18 bits per heavy atom. The highest BCUT2D eigenvalue weighted by molar-refractivity contribution is 9.10. The Morgan fingerprint density at radius 3 is 2.59 bits per heavy atom. The average molecular weight is 392 g/mol. The highest BCUT2D eigenvalue weighted by atomic mass is 79.9. The van der Waals surface area contributed by atoms with Gasteiger partial charge >= 0.3 is 0 Å². The first-order chi connectivity index (χ1) is 10.5. The zero-order chi connectivity index (χ0) is 15.7. The zero-order valence-electron chi connectivity index (χ0n) is 11.2. The van der Waals surface area contributed by atoms with Gasteiger partial charge in [-0.25, -0.2) is 0 Å². The van der Waals surface area contributed by atoms with Crippen LogP contribution in [0, 0.1) is 0 Å². The van der Waals surface area contributed by atoms with Gasteiger partial charge in [-0.15, -0.1) is 0 Å². The van der Waals surface area contributed by atoms with Gasteiger partial charge in [0.25, 0.3) is 5.91 Å². The van der Waals surface area contributed by atoms with Crippen LogP contribution in [0.1, 0.15) is 5.56 Å². The number of carbonyl (C=O) groups is 1. The number of benzene rings is 2. The van der Waals surface area contributed by atoms with E-state index in [1.807, 2.05) is 30.3 Å². The second kappa shape index (κ2) is 6.24. The smallest absolute Gasteiger partial charge is 0.270 e. The van der Waals surface area contributed by atoms with Crippen molar-refractivity contribution in [2.45, 2.75) is 0 Å². The van der Waals surface area contributed by atoms with Crippen molar-refractivity contribution < 1.29 is 9.90 Å². The second-order valence-corrected chi connectivity index (χ2v) is 7.18. The van der Waals surface area contributed by atoms with Gasteiger partial charge in [0.2, 0.25) is 0 Å². The first-order valence-corrected chi connectivity index (χ1v) is 8.39. The molecule has 0 aliphatic carbocycles. The van der Waals surface area contributed by atoms with E-state index in [4.69, 9.17) is 12.2 Å². The number of anilines is 1. The van der Waals surface area contributed by atoms with Crippen molar-refractivity contribution in [2.75, 3.05) is 4.90 Å². The number of hydrogen-bond acceptors (Lipinski definition) is 4. The highest BCUT2D eigenvalue weighted by Gasteiger charge is 2.33. The van der Waals surface area contributed by atoms with E-state index in [1.54, 1.807) is 24.3 Å². The molecule has 2 aromatic carbocycles. The third kappa shape index (κ3) is 3.09. The summed E-state index contributed by atoms with van der Waals surface area (Å²) in [5.41, 5.74) is 1.50. The Morgan fingerprint density at radius 2 is 1.91 bits per heavy atom. The SMILES string of the molecule is O=C1/C(=C\c2cccc(O)c2)SC(=S)N1c1ccc(Br)cc1. The number of amides is 1. The van der Waals surface area contributed by atoms with Gasteiger partial charge in [0.05, 0.1) is 10.6 Å². The lowest BCUT2D eigenvalue weighted by Gasteiger charge is -2.14. The lowest BCUT2D eigenvalue weighted by Crippen LogP contribution is -2.27. The molecule has 1 heterocycles. The number of hydrogen-bond donors (Lipinski definition) is 1. The van der Waals surface area contributed by atoms with Gasteiger partial charge in [0.15, 0.2) is 4.32 Å². The lowest BCUT2D eigenvalue weighted by atomic mass is 10.2. The minimum Gasteiger partial charge on any atom is -0.508 e. The van der Waals surface area contributed by atoms with E-state index < -0.39 is 0 Å². The quantitative estimate of drug-likeness (QED) is 0.601. The van der Waals surface area contributed by atoms with Gasteiger partial charge in [0.1, 0.15) is 5.75 Å². The van der Waals surface area contributed by atoms with Crippen LogP contribution in [0.4, 0.5) is 5.69 Å². The van der Waals surface area contributed by atoms with Crippen molar-refractivity contribution in [1.29, 1.82) is 0 Å². The average Bonchev–Trinajstić information content (AvgIpc) is 2.75. The number of aromatic hydroxyl groups is 1. The number of carbonyl (C=O) groups excluding carboxylic acids is 1. The van der Waals surface area contributed by atoms with Gasteiger partial charge in [-0.2, -0.15) is 0 Å². The van der Waals surface area contributed by atoms with E-state index >= 15 is 0 Å². The van der Waals surface area contributed by atoms with E-state index in [2.05, 4.69) is 15.9 Å². The van der Waals surface area contributed by atoms with Crippen LogP contribution in [0.3, 0.4) is 0 Å². The summed E-state index contributed by atoms with van der Waals surface area (Å²) >= 11 is 9.95. The largest absolute Gasteiger partial charge is 0.508 e. The van der Waals surface area contributed by atoms with E-state index in [0.717, 1.165) is 15.7 Å². The topological polar surface area (TPSA) is 40.5 Å². The molecule has 0 radical (unpaired) electrons. The normalized spacial score (nSPS) is 16.6. The van der Waals surface area contributed by atoms with Crippen molar-refractivity contribution in [3.8, 4) is 5.75 Å². The van der Waals surface area contributed by atoms with Crippen molar-refractivity contribution >= 4 is 61.9 Å². The van der Waals surface area contributed by atoms with Gasteiger partial charge in [-0.3, -0.25) is 9.69 Å². The summed E-state index contributed by atoms with van der Waals surface area (Å²) < 4.78 is 1.44. The number of halogens is 1. The molecule has 1 aliphatic rings. The van der Waals surface area contributed by atoms with Crippen molar-refractivity contribution in [2.24, 2.45) is 0 Å². The molecule has 0 bridgehead atoms. The standard InChI is InChI=1S/C16H10BrNO2S2/c17-11-4-6-12(7-5-11)18-15(20)14(22-16(18)21)9-10-2-1-3-13(19)8-10/h1-9,19H/b14-9+. The van der Waals surface area contributed by atoms with E-state index in [9.17, 15) is 9.90 Å². The third-order valence-corrected chi connectivity index (χ3v) is 4.88. The Bertz CT molecular complexity index is 787. The first-order valence-electron chi connectivity index (χ1n) is 6.37. The predicted molar refractivity (Wildman–Crippen MR) is 97.9 cm³/mol. The molecule has 110 valence electrons. The minimum absolute atomic E-state index is 0.152. The number of thioether (sulfide) groups is 1. The molecule has 6 heteroatoms. The van der Waals surface area contributed by atoms with Crippen LogP contribution in [0.25, 0.3) is 6.08 Å². The summed E-state index contributed by atoms with van der Waals surface area (Å²) in [6, 6.07) is 14.2. The van der Waals surface area contributed by atoms with E-state index in [0.29, 0.717) is 9.23 Å². The molecular formula is C16H10BrNO2S2. The molecule has 1 fully saturated rings. The molecule has 1 saturated heterocycles. The summed E-state index contributed by atoms with van der Waals surface area (Å²) in [7, 11) is 0. The molecule has 0 saturated carbocycles. The Balaban J connectivity index is 1.93.